The summed E-state index contributed by atoms with van der Waals surface area (Å²) >= 11 is 3.74. The van der Waals surface area contributed by atoms with Gasteiger partial charge in [0.25, 0.3) is 0 Å². The molecule has 0 aliphatic carbocycles. The van der Waals surface area contributed by atoms with Gasteiger partial charge in [0.1, 0.15) is 0 Å². The van der Waals surface area contributed by atoms with E-state index in [0.717, 1.165) is 17.1 Å². The lowest BCUT2D eigenvalue weighted by Gasteiger charge is -2.30. The Balaban J connectivity index is 1.20. The Morgan fingerprint density at radius 2 is 0.825 bits per heavy atom. The Bertz CT molecular complexity index is 3250. The average Bonchev–Trinajstić information content (AvgIpc) is 3.85. The van der Waals surface area contributed by atoms with Crippen molar-refractivity contribution in [2.75, 3.05) is 4.90 Å². The molecule has 0 bridgehead atoms. The molecule has 268 valence electrons. The summed E-state index contributed by atoms with van der Waals surface area (Å²) in [6.45, 7) is 0. The van der Waals surface area contributed by atoms with Gasteiger partial charge in [-0.1, -0.05) is 170 Å². The normalized spacial score (nSPS) is 11.5. The molecule has 0 N–H and O–H groups in total. The molecule has 0 aliphatic rings. The lowest BCUT2D eigenvalue weighted by atomic mass is 9.87. The maximum atomic E-state index is 2.49. The van der Waals surface area contributed by atoms with E-state index in [1.165, 1.54) is 84.9 Å². The van der Waals surface area contributed by atoms with Crippen LogP contribution >= 0.6 is 22.7 Å². The van der Waals surface area contributed by atoms with Crippen molar-refractivity contribution in [2.24, 2.45) is 0 Å². The van der Waals surface area contributed by atoms with Gasteiger partial charge in [0.05, 0.1) is 5.69 Å². The van der Waals surface area contributed by atoms with Gasteiger partial charge in [-0.2, -0.15) is 0 Å². The lowest BCUT2D eigenvalue weighted by Crippen LogP contribution is -2.12. The van der Waals surface area contributed by atoms with Gasteiger partial charge in [0.2, 0.25) is 0 Å². The smallest absolute Gasteiger partial charge is 0.0546 e. The Morgan fingerprint density at radius 3 is 1.61 bits per heavy atom. The second kappa shape index (κ2) is 14.1. The topological polar surface area (TPSA) is 3.24 Å². The van der Waals surface area contributed by atoms with Crippen LogP contribution in [-0.2, 0) is 0 Å². The Labute approximate surface area is 340 Å². The predicted octanol–water partition coefficient (Wildman–Crippen LogP) is 16.6. The standard InChI is InChI=1S/C54H35NS2/c1-3-16-36(17-4-1)41-22-7-8-25-47(41)53-42(37-18-5-2-6-19-37)26-15-29-49(53)55(40-32-33-46-44-23-9-11-30-50(44)56-52(46)35-40)39-21-13-20-38(34-39)43-27-14-28-48-45-24-10-12-31-51(45)57-54(43)48/h1-35H. The molecule has 0 atom stereocenters. The summed E-state index contributed by atoms with van der Waals surface area (Å²) in [6.07, 6.45) is 0. The van der Waals surface area contributed by atoms with Crippen LogP contribution in [0.3, 0.4) is 0 Å². The fourth-order valence-electron chi connectivity index (χ4n) is 8.51. The van der Waals surface area contributed by atoms with Crippen molar-refractivity contribution < 1.29 is 0 Å². The molecule has 0 radical (unpaired) electrons. The third-order valence-corrected chi connectivity index (χ3v) is 13.4. The van der Waals surface area contributed by atoms with Gasteiger partial charge in [-0.05, 0) is 81.4 Å². The lowest BCUT2D eigenvalue weighted by molar-refractivity contribution is 1.29. The maximum absolute atomic E-state index is 2.49. The first-order valence-electron chi connectivity index (χ1n) is 19.3. The summed E-state index contributed by atoms with van der Waals surface area (Å²) in [4.78, 5) is 2.49. The second-order valence-electron chi connectivity index (χ2n) is 14.4. The highest BCUT2D eigenvalue weighted by molar-refractivity contribution is 7.26. The molecule has 0 amide bonds. The number of nitrogens with zero attached hydrogens (tertiary/aromatic N) is 1. The Hall–Kier alpha value is -6.78. The first-order chi connectivity index (χ1) is 28.3. The van der Waals surface area contributed by atoms with Crippen molar-refractivity contribution in [1.82, 2.24) is 0 Å². The number of hydrogen-bond donors (Lipinski definition) is 0. The van der Waals surface area contributed by atoms with Crippen LogP contribution in [0.2, 0.25) is 0 Å². The molecule has 2 heterocycles. The number of fused-ring (bicyclic) bond motifs is 6. The molecule has 0 saturated carbocycles. The number of benzene rings is 9. The molecule has 0 saturated heterocycles. The van der Waals surface area contributed by atoms with E-state index in [4.69, 9.17) is 0 Å². The first-order valence-corrected chi connectivity index (χ1v) is 21.0. The number of hydrogen-bond acceptors (Lipinski definition) is 3. The van der Waals surface area contributed by atoms with E-state index in [9.17, 15) is 0 Å². The molecule has 3 heteroatoms. The minimum Gasteiger partial charge on any atom is -0.310 e. The van der Waals surface area contributed by atoms with Crippen LogP contribution in [0.5, 0.6) is 0 Å². The first kappa shape index (κ1) is 33.5. The monoisotopic (exact) mass is 761 g/mol. The molecule has 0 unspecified atom stereocenters. The van der Waals surface area contributed by atoms with Crippen molar-refractivity contribution in [2.45, 2.75) is 0 Å². The van der Waals surface area contributed by atoms with Crippen LogP contribution in [0.4, 0.5) is 17.1 Å². The molecule has 2 aromatic heterocycles. The quantitative estimate of drug-likeness (QED) is 0.156. The predicted molar refractivity (Wildman–Crippen MR) is 249 cm³/mol. The summed E-state index contributed by atoms with van der Waals surface area (Å²) in [5.41, 5.74) is 13.0. The van der Waals surface area contributed by atoms with E-state index in [-0.39, 0.29) is 0 Å². The van der Waals surface area contributed by atoms with Crippen LogP contribution in [0.25, 0.3) is 84.9 Å². The van der Waals surface area contributed by atoms with E-state index in [1.807, 2.05) is 22.7 Å². The second-order valence-corrected chi connectivity index (χ2v) is 16.6. The van der Waals surface area contributed by atoms with E-state index < -0.39 is 0 Å². The summed E-state index contributed by atoms with van der Waals surface area (Å²) < 4.78 is 5.21. The van der Waals surface area contributed by atoms with Crippen molar-refractivity contribution >= 4 is 80.1 Å². The summed E-state index contributed by atoms with van der Waals surface area (Å²) in [6, 6.07) is 77.7. The van der Waals surface area contributed by atoms with Crippen LogP contribution in [-0.4, -0.2) is 0 Å². The summed E-state index contributed by atoms with van der Waals surface area (Å²) in [7, 11) is 0. The van der Waals surface area contributed by atoms with Gasteiger partial charge in [0.15, 0.2) is 0 Å². The van der Waals surface area contributed by atoms with Crippen LogP contribution in [0.15, 0.2) is 212 Å². The van der Waals surface area contributed by atoms with Crippen LogP contribution in [0, 0.1) is 0 Å². The van der Waals surface area contributed by atoms with Crippen molar-refractivity contribution in [3.8, 4) is 44.5 Å². The number of rotatable bonds is 7. The van der Waals surface area contributed by atoms with Crippen LogP contribution < -0.4 is 4.90 Å². The van der Waals surface area contributed by atoms with Gasteiger partial charge in [-0.3, -0.25) is 0 Å². The minimum absolute atomic E-state index is 1.11. The van der Waals surface area contributed by atoms with E-state index in [0.29, 0.717) is 0 Å². The van der Waals surface area contributed by atoms with Gasteiger partial charge < -0.3 is 4.90 Å². The SMILES string of the molecule is c1ccc(-c2ccccc2-c2c(-c3ccccc3)cccc2N(c2cccc(-c3cccc4c3sc3ccccc34)c2)c2ccc3c(c2)sc2ccccc23)cc1. The third-order valence-electron chi connectivity index (χ3n) is 11.1. The molecule has 9 aromatic carbocycles. The molecule has 1 nitrogen and oxygen atoms in total. The highest BCUT2D eigenvalue weighted by atomic mass is 32.1. The number of thiophene rings is 2. The molecule has 11 rings (SSSR count). The van der Waals surface area contributed by atoms with Crippen molar-refractivity contribution in [3.63, 3.8) is 0 Å². The van der Waals surface area contributed by atoms with Gasteiger partial charge >= 0.3 is 0 Å². The molecule has 0 spiro atoms. The van der Waals surface area contributed by atoms with Gasteiger partial charge in [0, 0.05) is 57.3 Å². The Morgan fingerprint density at radius 1 is 0.298 bits per heavy atom. The molecule has 11 aromatic rings. The molecular formula is C54H35NS2. The minimum atomic E-state index is 1.11. The van der Waals surface area contributed by atoms with Gasteiger partial charge in [-0.25, -0.2) is 0 Å². The zero-order valence-electron chi connectivity index (χ0n) is 31.0. The number of anilines is 3. The Kier molecular flexibility index (Phi) is 8.28. The molecule has 0 fully saturated rings. The zero-order valence-corrected chi connectivity index (χ0v) is 32.6. The van der Waals surface area contributed by atoms with Crippen molar-refractivity contribution in [3.05, 3.63) is 212 Å². The van der Waals surface area contributed by atoms with Gasteiger partial charge in [-0.15, -0.1) is 22.7 Å². The van der Waals surface area contributed by atoms with E-state index in [2.05, 4.69) is 217 Å². The fraction of sp³-hybridized carbons (Fsp3) is 0. The molecule has 57 heavy (non-hydrogen) atoms. The van der Waals surface area contributed by atoms with Crippen LogP contribution in [0.1, 0.15) is 0 Å². The highest BCUT2D eigenvalue weighted by Gasteiger charge is 2.24. The molecular weight excluding hydrogens is 727 g/mol. The fourth-order valence-corrected chi connectivity index (χ4v) is 10.9. The average molecular weight is 762 g/mol. The molecule has 0 aliphatic heterocycles. The maximum Gasteiger partial charge on any atom is 0.0546 e. The largest absolute Gasteiger partial charge is 0.310 e. The summed E-state index contributed by atoms with van der Waals surface area (Å²) in [5.74, 6) is 0. The summed E-state index contributed by atoms with van der Waals surface area (Å²) in [5, 5.41) is 5.21. The van der Waals surface area contributed by atoms with E-state index in [1.54, 1.807) is 0 Å². The van der Waals surface area contributed by atoms with Crippen molar-refractivity contribution in [1.29, 1.82) is 0 Å². The third kappa shape index (κ3) is 5.83. The highest BCUT2D eigenvalue weighted by Crippen LogP contribution is 2.50. The van der Waals surface area contributed by atoms with E-state index >= 15 is 0 Å². The zero-order chi connectivity index (χ0) is 37.7.